The quantitative estimate of drug-likeness (QED) is 0.559. The van der Waals surface area contributed by atoms with Crippen molar-refractivity contribution in [2.24, 2.45) is 11.8 Å². The van der Waals surface area contributed by atoms with Crippen LogP contribution in [-0.4, -0.2) is 37.1 Å². The lowest BCUT2D eigenvalue weighted by Gasteiger charge is -2.30. The van der Waals surface area contributed by atoms with Crippen LogP contribution in [0.4, 0.5) is 0 Å². The van der Waals surface area contributed by atoms with E-state index in [-0.39, 0.29) is 5.91 Å². The van der Waals surface area contributed by atoms with E-state index in [1.165, 1.54) is 38.5 Å². The Morgan fingerprint density at radius 3 is 1.44 bits per heavy atom. The molecule has 2 aliphatic heterocycles. The van der Waals surface area contributed by atoms with Gasteiger partial charge in [0.25, 0.3) is 0 Å². The second-order valence-corrected chi connectivity index (χ2v) is 5.82. The third-order valence-corrected chi connectivity index (χ3v) is 4.56. The van der Waals surface area contributed by atoms with Crippen molar-refractivity contribution in [1.82, 2.24) is 4.90 Å². The first-order chi connectivity index (χ1) is 12.2. The number of piperidine rings is 1. The van der Waals surface area contributed by atoms with E-state index >= 15 is 0 Å². The topological polar surface area (TPSA) is 29.5 Å². The molecule has 0 unspecified atom stereocenters. The Kier molecular flexibility index (Phi) is 27.4. The summed E-state index contributed by atoms with van der Waals surface area (Å²) in [7, 11) is 0. The third-order valence-electron chi connectivity index (χ3n) is 4.56. The van der Waals surface area contributed by atoms with Gasteiger partial charge in [0, 0.05) is 33.2 Å². The van der Waals surface area contributed by atoms with Crippen LogP contribution in [-0.2, 0) is 9.53 Å². The van der Waals surface area contributed by atoms with E-state index in [4.69, 9.17) is 4.74 Å². The van der Waals surface area contributed by atoms with Crippen LogP contribution in [0.5, 0.6) is 0 Å². The van der Waals surface area contributed by atoms with Gasteiger partial charge in [-0.2, -0.15) is 0 Å². The zero-order valence-electron chi connectivity index (χ0n) is 19.0. The summed E-state index contributed by atoms with van der Waals surface area (Å²) in [6, 6.07) is 0. The molecule has 25 heavy (non-hydrogen) atoms. The molecule has 154 valence electrons. The van der Waals surface area contributed by atoms with Crippen LogP contribution in [0.15, 0.2) is 0 Å². The van der Waals surface area contributed by atoms with Gasteiger partial charge in [-0.25, -0.2) is 0 Å². The summed E-state index contributed by atoms with van der Waals surface area (Å²) in [6.45, 7) is 22.1. The number of carbonyl (C=O) groups excluding carboxylic acids is 1. The number of carbonyl (C=O) groups is 1. The Morgan fingerprint density at radius 2 is 1.16 bits per heavy atom. The Labute approximate surface area is 159 Å². The number of hydrogen-bond donors (Lipinski definition) is 0. The minimum Gasteiger partial charge on any atom is -0.381 e. The summed E-state index contributed by atoms with van der Waals surface area (Å²) in [4.78, 5) is 12.9. The lowest BCUT2D eigenvalue weighted by atomic mass is 9.94. The van der Waals surface area contributed by atoms with Crippen molar-refractivity contribution in [3.8, 4) is 0 Å². The molecule has 0 saturated carbocycles. The molecule has 0 aromatic carbocycles. The Hall–Kier alpha value is -0.570. The molecule has 2 saturated heterocycles. The van der Waals surface area contributed by atoms with Crippen molar-refractivity contribution in [1.29, 1.82) is 0 Å². The zero-order valence-corrected chi connectivity index (χ0v) is 19.0. The zero-order chi connectivity index (χ0) is 20.1. The summed E-state index contributed by atoms with van der Waals surface area (Å²) in [5.41, 5.74) is 0. The molecule has 0 radical (unpaired) electrons. The van der Waals surface area contributed by atoms with E-state index < -0.39 is 0 Å². The van der Waals surface area contributed by atoms with Gasteiger partial charge < -0.3 is 9.64 Å². The highest BCUT2D eigenvalue weighted by molar-refractivity contribution is 5.73. The molecule has 2 aliphatic rings. The predicted molar refractivity (Wildman–Crippen MR) is 113 cm³/mol. The number of amides is 1. The van der Waals surface area contributed by atoms with E-state index in [1.807, 2.05) is 46.4 Å². The van der Waals surface area contributed by atoms with Gasteiger partial charge in [-0.15, -0.1) is 0 Å². The lowest BCUT2D eigenvalue weighted by molar-refractivity contribution is -0.130. The summed E-state index contributed by atoms with van der Waals surface area (Å²) >= 11 is 0. The van der Waals surface area contributed by atoms with Gasteiger partial charge in [-0.3, -0.25) is 4.79 Å². The maximum absolute atomic E-state index is 10.9. The van der Waals surface area contributed by atoms with Crippen LogP contribution in [0.1, 0.15) is 101 Å². The van der Waals surface area contributed by atoms with Crippen LogP contribution in [0, 0.1) is 11.8 Å². The largest absolute Gasteiger partial charge is 0.381 e. The number of hydrogen-bond acceptors (Lipinski definition) is 2. The minimum absolute atomic E-state index is 0.236. The van der Waals surface area contributed by atoms with Crippen molar-refractivity contribution in [2.45, 2.75) is 101 Å². The molecule has 2 fully saturated rings. The molecule has 0 N–H and O–H groups in total. The molecule has 3 heteroatoms. The predicted octanol–water partition coefficient (Wildman–Crippen LogP) is 6.56. The number of rotatable bonds is 2. The van der Waals surface area contributed by atoms with Crippen molar-refractivity contribution < 1.29 is 9.53 Å². The minimum atomic E-state index is 0.236. The molecule has 0 bridgehead atoms. The first kappa shape index (κ1) is 29.2. The van der Waals surface area contributed by atoms with Gasteiger partial charge in [0.2, 0.25) is 5.91 Å². The molecule has 3 nitrogen and oxygen atoms in total. The van der Waals surface area contributed by atoms with E-state index in [0.717, 1.165) is 38.1 Å². The summed E-state index contributed by atoms with van der Waals surface area (Å²) in [6.07, 6.45) is 7.59. The molecule has 0 aliphatic carbocycles. The Balaban J connectivity index is -0.000000305. The molecule has 1 amide bonds. The maximum Gasteiger partial charge on any atom is 0.219 e. The van der Waals surface area contributed by atoms with E-state index in [9.17, 15) is 4.79 Å². The molecule has 0 spiro atoms. The Bertz CT molecular complexity index is 242. The SMILES string of the molecule is CC.CC.CC.CCC1CCN(C(C)=O)CC1.CCC1CCOCC1. The normalized spacial score (nSPS) is 17.2. The maximum atomic E-state index is 10.9. The van der Waals surface area contributed by atoms with Crippen LogP contribution >= 0.6 is 0 Å². The number of ether oxygens (including phenoxy) is 1. The van der Waals surface area contributed by atoms with E-state index in [0.29, 0.717) is 0 Å². The molecule has 0 atom stereocenters. The van der Waals surface area contributed by atoms with Crippen LogP contribution in [0.25, 0.3) is 0 Å². The average Bonchev–Trinajstić information content (AvgIpc) is 2.73. The summed E-state index contributed by atoms with van der Waals surface area (Å²) in [5, 5.41) is 0. The smallest absolute Gasteiger partial charge is 0.219 e. The molecular weight excluding hydrogens is 310 g/mol. The first-order valence-electron chi connectivity index (χ1n) is 11.0. The first-order valence-corrected chi connectivity index (χ1v) is 11.0. The van der Waals surface area contributed by atoms with Crippen molar-refractivity contribution in [3.63, 3.8) is 0 Å². The van der Waals surface area contributed by atoms with Gasteiger partial charge >= 0.3 is 0 Å². The fourth-order valence-electron chi connectivity index (χ4n) is 2.81. The lowest BCUT2D eigenvalue weighted by Crippen LogP contribution is -2.36. The van der Waals surface area contributed by atoms with Crippen LogP contribution in [0.2, 0.25) is 0 Å². The highest BCUT2D eigenvalue weighted by Crippen LogP contribution is 2.19. The number of nitrogens with zero attached hydrogens (tertiary/aromatic N) is 1. The fourth-order valence-corrected chi connectivity index (χ4v) is 2.81. The highest BCUT2D eigenvalue weighted by atomic mass is 16.5. The highest BCUT2D eigenvalue weighted by Gasteiger charge is 2.18. The van der Waals surface area contributed by atoms with Gasteiger partial charge in [0.15, 0.2) is 0 Å². The summed E-state index contributed by atoms with van der Waals surface area (Å²) in [5.74, 6) is 2.06. The molecule has 0 aromatic rings. The van der Waals surface area contributed by atoms with E-state index in [2.05, 4.69) is 13.8 Å². The average molecular weight is 360 g/mol. The van der Waals surface area contributed by atoms with Crippen LogP contribution < -0.4 is 0 Å². The van der Waals surface area contributed by atoms with E-state index in [1.54, 1.807) is 6.92 Å². The van der Waals surface area contributed by atoms with Crippen molar-refractivity contribution in [2.75, 3.05) is 26.3 Å². The van der Waals surface area contributed by atoms with Gasteiger partial charge in [0.1, 0.15) is 0 Å². The van der Waals surface area contributed by atoms with Gasteiger partial charge in [-0.1, -0.05) is 68.2 Å². The monoisotopic (exact) mass is 359 g/mol. The van der Waals surface area contributed by atoms with Crippen molar-refractivity contribution >= 4 is 5.91 Å². The van der Waals surface area contributed by atoms with Crippen molar-refractivity contribution in [3.05, 3.63) is 0 Å². The second-order valence-electron chi connectivity index (χ2n) is 5.82. The van der Waals surface area contributed by atoms with Gasteiger partial charge in [-0.05, 0) is 37.5 Å². The van der Waals surface area contributed by atoms with Crippen LogP contribution in [0.3, 0.4) is 0 Å². The molecule has 0 aromatic heterocycles. The third kappa shape index (κ3) is 16.6. The Morgan fingerprint density at radius 1 is 0.800 bits per heavy atom. The fraction of sp³-hybridized carbons (Fsp3) is 0.955. The molecule has 2 heterocycles. The molecule has 2 rings (SSSR count). The number of likely N-dealkylation sites (tertiary alicyclic amines) is 1. The molecular formula is C22H49NO2. The second kappa shape index (κ2) is 23.4. The summed E-state index contributed by atoms with van der Waals surface area (Å²) < 4.78 is 5.20. The van der Waals surface area contributed by atoms with Gasteiger partial charge in [0.05, 0.1) is 0 Å². The standard InChI is InChI=1S/C9H17NO.C7H14O.3C2H6/c1-3-9-4-6-10(7-5-9)8(2)11;1-2-7-3-5-8-6-4-7;3*1-2/h9H,3-7H2,1-2H3;7H,2-6H2,1H3;3*1-2H3.